The molecule has 0 unspecified atom stereocenters. The third kappa shape index (κ3) is 8.37. The summed E-state index contributed by atoms with van der Waals surface area (Å²) in [6.45, 7) is 3.60. The van der Waals surface area contributed by atoms with Crippen LogP contribution in [-0.2, 0) is 16.6 Å². The van der Waals surface area contributed by atoms with Gasteiger partial charge in [0.2, 0.25) is 10.0 Å². The van der Waals surface area contributed by atoms with Crippen molar-refractivity contribution in [1.29, 1.82) is 0 Å². The maximum absolute atomic E-state index is 11.9. The molecule has 0 radical (unpaired) electrons. The molecule has 1 aromatic rings. The zero-order valence-corrected chi connectivity index (χ0v) is 18.1. The second-order valence-corrected chi connectivity index (χ2v) is 8.23. The molecule has 0 atom stereocenters. The Bertz CT molecular complexity index is 643. The van der Waals surface area contributed by atoms with E-state index in [4.69, 9.17) is 0 Å². The number of benzene rings is 1. The van der Waals surface area contributed by atoms with Gasteiger partial charge in [0.25, 0.3) is 0 Å². The molecule has 25 heavy (non-hydrogen) atoms. The molecule has 1 aromatic carbocycles. The standard InChI is InChI=1S/C17H28N4O2S.HI/c1-14-6-8-16(9-7-14)12-20-17(18-2)19-10-11-24(22,23)21-13-15-4-3-5-15;/h6-9,15,21H,3-5,10-13H2,1-2H3,(H2,18,19,20);1H. The van der Waals surface area contributed by atoms with Crippen molar-refractivity contribution in [1.82, 2.24) is 15.4 Å². The van der Waals surface area contributed by atoms with Crippen LogP contribution >= 0.6 is 24.0 Å². The lowest BCUT2D eigenvalue weighted by Crippen LogP contribution is -2.41. The lowest BCUT2D eigenvalue weighted by Gasteiger charge is -2.25. The number of hydrogen-bond acceptors (Lipinski definition) is 3. The Morgan fingerprint density at radius 2 is 1.88 bits per heavy atom. The zero-order valence-electron chi connectivity index (χ0n) is 14.9. The quantitative estimate of drug-likeness (QED) is 0.302. The lowest BCUT2D eigenvalue weighted by molar-refractivity contribution is 0.316. The SMILES string of the molecule is CN=C(NCCS(=O)(=O)NCC1CCC1)NCc1ccc(C)cc1.I. The number of halogens is 1. The number of guanidine groups is 1. The number of aliphatic imine (C=N–C) groups is 1. The highest BCUT2D eigenvalue weighted by Gasteiger charge is 2.19. The fourth-order valence-electron chi connectivity index (χ4n) is 2.43. The van der Waals surface area contributed by atoms with Crippen LogP contribution in [0.25, 0.3) is 0 Å². The maximum Gasteiger partial charge on any atom is 0.213 e. The number of nitrogens with one attached hydrogen (secondary N) is 3. The van der Waals surface area contributed by atoms with Crippen molar-refractivity contribution in [2.75, 3.05) is 25.9 Å². The van der Waals surface area contributed by atoms with E-state index < -0.39 is 10.0 Å². The molecule has 1 saturated carbocycles. The summed E-state index contributed by atoms with van der Waals surface area (Å²) in [5.74, 6) is 1.17. The van der Waals surface area contributed by atoms with Crippen molar-refractivity contribution in [2.45, 2.75) is 32.7 Å². The Hall–Kier alpha value is -0.870. The van der Waals surface area contributed by atoms with Crippen molar-refractivity contribution >= 4 is 40.0 Å². The highest BCUT2D eigenvalue weighted by atomic mass is 127. The van der Waals surface area contributed by atoms with Crippen LogP contribution in [0.1, 0.15) is 30.4 Å². The molecule has 142 valence electrons. The van der Waals surface area contributed by atoms with Crippen molar-refractivity contribution in [3.63, 3.8) is 0 Å². The van der Waals surface area contributed by atoms with E-state index in [-0.39, 0.29) is 29.7 Å². The fourth-order valence-corrected chi connectivity index (χ4v) is 3.43. The minimum atomic E-state index is -3.22. The normalized spacial score (nSPS) is 15.2. The molecule has 8 heteroatoms. The van der Waals surface area contributed by atoms with Gasteiger partial charge in [-0.25, -0.2) is 13.1 Å². The Balaban J connectivity index is 0.00000312. The highest BCUT2D eigenvalue weighted by Crippen LogP contribution is 2.25. The van der Waals surface area contributed by atoms with Crippen LogP contribution in [0.5, 0.6) is 0 Å². The molecule has 2 rings (SSSR count). The molecule has 0 heterocycles. The molecular formula is C17H29IN4O2S. The topological polar surface area (TPSA) is 82.6 Å². The molecular weight excluding hydrogens is 451 g/mol. The molecule has 0 aliphatic heterocycles. The number of rotatable bonds is 8. The fraction of sp³-hybridized carbons (Fsp3) is 0.588. The smallest absolute Gasteiger partial charge is 0.213 e. The van der Waals surface area contributed by atoms with Gasteiger partial charge in [-0.05, 0) is 31.2 Å². The van der Waals surface area contributed by atoms with Crippen LogP contribution in [0.15, 0.2) is 29.3 Å². The van der Waals surface area contributed by atoms with Gasteiger partial charge in [0.05, 0.1) is 5.75 Å². The first-order chi connectivity index (χ1) is 11.5. The molecule has 0 spiro atoms. The summed E-state index contributed by atoms with van der Waals surface area (Å²) in [6.07, 6.45) is 3.49. The minimum absolute atomic E-state index is 0. The first-order valence-corrected chi connectivity index (χ1v) is 10.1. The first-order valence-electron chi connectivity index (χ1n) is 8.46. The highest BCUT2D eigenvalue weighted by molar-refractivity contribution is 14.0. The van der Waals surface area contributed by atoms with Crippen molar-refractivity contribution in [3.8, 4) is 0 Å². The van der Waals surface area contributed by atoms with E-state index in [1.807, 2.05) is 0 Å². The number of nitrogens with zero attached hydrogens (tertiary/aromatic N) is 1. The summed E-state index contributed by atoms with van der Waals surface area (Å²) < 4.78 is 26.6. The largest absolute Gasteiger partial charge is 0.355 e. The molecule has 1 aliphatic carbocycles. The van der Waals surface area contributed by atoms with E-state index >= 15 is 0 Å². The number of hydrogen-bond donors (Lipinski definition) is 3. The van der Waals surface area contributed by atoms with Crippen LogP contribution in [0.4, 0.5) is 0 Å². The molecule has 3 N–H and O–H groups in total. The second-order valence-electron chi connectivity index (χ2n) is 6.30. The van der Waals surface area contributed by atoms with Crippen LogP contribution < -0.4 is 15.4 Å². The van der Waals surface area contributed by atoms with Gasteiger partial charge in [0, 0.05) is 26.7 Å². The average Bonchev–Trinajstić information content (AvgIpc) is 2.50. The van der Waals surface area contributed by atoms with Gasteiger partial charge in [0.1, 0.15) is 0 Å². The van der Waals surface area contributed by atoms with Crippen LogP contribution in [0.3, 0.4) is 0 Å². The van der Waals surface area contributed by atoms with E-state index in [0.29, 0.717) is 31.5 Å². The summed E-state index contributed by atoms with van der Waals surface area (Å²) in [7, 11) is -1.55. The van der Waals surface area contributed by atoms with Crippen molar-refractivity contribution in [2.24, 2.45) is 10.9 Å². The van der Waals surface area contributed by atoms with Gasteiger partial charge in [-0.3, -0.25) is 4.99 Å². The molecule has 1 fully saturated rings. The summed E-state index contributed by atoms with van der Waals surface area (Å²) in [5, 5.41) is 6.23. The van der Waals surface area contributed by atoms with E-state index in [2.05, 4.69) is 51.5 Å². The van der Waals surface area contributed by atoms with Gasteiger partial charge >= 0.3 is 0 Å². The Morgan fingerprint density at radius 3 is 2.44 bits per heavy atom. The zero-order chi connectivity index (χ0) is 17.4. The van der Waals surface area contributed by atoms with Gasteiger partial charge in [-0.1, -0.05) is 36.2 Å². The van der Waals surface area contributed by atoms with Gasteiger partial charge in [-0.15, -0.1) is 24.0 Å². The molecule has 0 amide bonds. The first kappa shape index (κ1) is 22.2. The molecule has 0 aromatic heterocycles. The monoisotopic (exact) mass is 480 g/mol. The predicted octanol–water partition coefficient (Wildman–Crippen LogP) is 2.00. The third-order valence-corrected chi connectivity index (χ3v) is 5.63. The average molecular weight is 480 g/mol. The summed E-state index contributed by atoms with van der Waals surface area (Å²) in [6, 6.07) is 8.25. The van der Waals surface area contributed by atoms with Crippen LogP contribution in [0, 0.1) is 12.8 Å². The van der Waals surface area contributed by atoms with Crippen molar-refractivity contribution < 1.29 is 8.42 Å². The Labute approximate surface area is 168 Å². The number of sulfonamides is 1. The van der Waals surface area contributed by atoms with Crippen molar-refractivity contribution in [3.05, 3.63) is 35.4 Å². The van der Waals surface area contributed by atoms with Crippen LogP contribution in [-0.4, -0.2) is 40.3 Å². The molecule has 0 saturated heterocycles. The third-order valence-electron chi connectivity index (χ3n) is 4.28. The molecule has 1 aliphatic rings. The maximum atomic E-state index is 11.9. The Kier molecular flexibility index (Phi) is 9.73. The van der Waals surface area contributed by atoms with Crippen LogP contribution in [0.2, 0.25) is 0 Å². The van der Waals surface area contributed by atoms with E-state index in [0.717, 1.165) is 18.4 Å². The second kappa shape index (κ2) is 11.0. The van der Waals surface area contributed by atoms with E-state index in [1.54, 1.807) is 7.05 Å². The summed E-state index contributed by atoms with van der Waals surface area (Å²) in [4.78, 5) is 4.12. The van der Waals surface area contributed by atoms with E-state index in [1.165, 1.54) is 12.0 Å². The molecule has 6 nitrogen and oxygen atoms in total. The molecule has 0 bridgehead atoms. The lowest BCUT2D eigenvalue weighted by atomic mass is 9.86. The number of aryl methyl sites for hydroxylation is 1. The van der Waals surface area contributed by atoms with Gasteiger partial charge in [-0.2, -0.15) is 0 Å². The van der Waals surface area contributed by atoms with E-state index in [9.17, 15) is 8.42 Å². The van der Waals surface area contributed by atoms with Gasteiger partial charge < -0.3 is 10.6 Å². The summed E-state index contributed by atoms with van der Waals surface area (Å²) >= 11 is 0. The minimum Gasteiger partial charge on any atom is -0.355 e. The predicted molar refractivity (Wildman–Crippen MR) is 114 cm³/mol. The summed E-state index contributed by atoms with van der Waals surface area (Å²) in [5.41, 5.74) is 2.37. The Morgan fingerprint density at radius 1 is 1.20 bits per heavy atom. The van der Waals surface area contributed by atoms with Gasteiger partial charge in [0.15, 0.2) is 5.96 Å².